The molecule has 0 aromatic heterocycles. The maximum absolute atomic E-state index is 9.60. The molecule has 14 heavy (non-hydrogen) atoms. The van der Waals surface area contributed by atoms with Crippen LogP contribution in [0.15, 0.2) is 24.3 Å². The Kier molecular flexibility index (Phi) is 2.31. The van der Waals surface area contributed by atoms with E-state index in [0.29, 0.717) is 0 Å². The minimum absolute atomic E-state index is 0.257. The molecule has 1 fully saturated rings. The lowest BCUT2D eigenvalue weighted by Gasteiger charge is -2.17. The molecule has 1 saturated carbocycles. The summed E-state index contributed by atoms with van der Waals surface area (Å²) in [4.78, 5) is 0. The molecule has 1 aromatic carbocycles. The van der Waals surface area contributed by atoms with Gasteiger partial charge in [-0.3, -0.25) is 0 Å². The molecule has 0 heterocycles. The number of rotatable bonds is 3. The lowest BCUT2D eigenvalue weighted by atomic mass is 9.96. The smallest absolute Gasteiger partial charge is 0.102 e. The van der Waals surface area contributed by atoms with Crippen LogP contribution in [0.2, 0.25) is 0 Å². The van der Waals surface area contributed by atoms with Crippen LogP contribution in [0.1, 0.15) is 30.1 Å². The predicted molar refractivity (Wildman–Crippen MR) is 53.6 cm³/mol. The van der Waals surface area contributed by atoms with E-state index in [2.05, 4.69) is 0 Å². The van der Waals surface area contributed by atoms with E-state index in [1.807, 2.05) is 24.3 Å². The highest BCUT2D eigenvalue weighted by Gasteiger charge is 2.41. The van der Waals surface area contributed by atoms with Gasteiger partial charge in [0.15, 0.2) is 0 Å². The third kappa shape index (κ3) is 1.54. The standard InChI is InChI=1S/C11H15NO2/c12-11(5-6-11)9-4-2-1-3-8(9)10(14)7-13/h1-4,10,13-14H,5-7,12H2. The summed E-state index contributed by atoms with van der Waals surface area (Å²) in [6.45, 7) is -0.257. The molecule has 2 rings (SSSR count). The molecule has 3 heteroatoms. The van der Waals surface area contributed by atoms with Gasteiger partial charge in [0.2, 0.25) is 0 Å². The van der Waals surface area contributed by atoms with Crippen molar-refractivity contribution >= 4 is 0 Å². The Bertz CT molecular complexity index is 334. The molecule has 0 saturated heterocycles. The highest BCUT2D eigenvalue weighted by molar-refractivity contribution is 5.38. The summed E-state index contributed by atoms with van der Waals surface area (Å²) in [7, 11) is 0. The van der Waals surface area contributed by atoms with Crippen molar-refractivity contribution < 1.29 is 10.2 Å². The van der Waals surface area contributed by atoms with E-state index in [1.54, 1.807) is 0 Å². The minimum atomic E-state index is -0.813. The second-order valence-electron chi connectivity index (χ2n) is 3.94. The highest BCUT2D eigenvalue weighted by Crippen LogP contribution is 2.45. The zero-order valence-electron chi connectivity index (χ0n) is 7.98. The maximum Gasteiger partial charge on any atom is 0.102 e. The van der Waals surface area contributed by atoms with Gasteiger partial charge in [-0.05, 0) is 24.0 Å². The van der Waals surface area contributed by atoms with E-state index in [9.17, 15) is 5.11 Å². The van der Waals surface area contributed by atoms with Gasteiger partial charge < -0.3 is 15.9 Å². The lowest BCUT2D eigenvalue weighted by molar-refractivity contribution is 0.0945. The molecule has 0 amide bonds. The Morgan fingerprint density at radius 3 is 2.57 bits per heavy atom. The van der Waals surface area contributed by atoms with E-state index in [-0.39, 0.29) is 12.1 Å². The van der Waals surface area contributed by atoms with Gasteiger partial charge in [0.25, 0.3) is 0 Å². The largest absolute Gasteiger partial charge is 0.393 e. The van der Waals surface area contributed by atoms with Crippen molar-refractivity contribution in [1.29, 1.82) is 0 Å². The predicted octanol–water partition coefficient (Wildman–Crippen LogP) is 0.660. The summed E-state index contributed by atoms with van der Waals surface area (Å²) < 4.78 is 0. The molecule has 0 bridgehead atoms. The van der Waals surface area contributed by atoms with Crippen LogP contribution in [0.4, 0.5) is 0 Å². The van der Waals surface area contributed by atoms with Gasteiger partial charge >= 0.3 is 0 Å². The molecule has 0 spiro atoms. The van der Waals surface area contributed by atoms with Gasteiger partial charge in [0.1, 0.15) is 6.10 Å². The molecule has 1 aromatic rings. The molecule has 1 atom stereocenters. The molecular weight excluding hydrogens is 178 g/mol. The van der Waals surface area contributed by atoms with Gasteiger partial charge in [-0.2, -0.15) is 0 Å². The zero-order chi connectivity index (χ0) is 10.2. The number of aliphatic hydroxyl groups is 2. The SMILES string of the molecule is NC1(c2ccccc2C(O)CO)CC1. The molecule has 0 aliphatic heterocycles. The van der Waals surface area contributed by atoms with Crippen LogP contribution in [0, 0.1) is 0 Å². The van der Waals surface area contributed by atoms with E-state index in [0.717, 1.165) is 24.0 Å². The van der Waals surface area contributed by atoms with Gasteiger partial charge in [0.05, 0.1) is 6.61 Å². The van der Waals surface area contributed by atoms with Crippen LogP contribution in [-0.4, -0.2) is 16.8 Å². The Labute approximate surface area is 83.2 Å². The number of hydrogen-bond acceptors (Lipinski definition) is 3. The van der Waals surface area contributed by atoms with Crippen molar-refractivity contribution in [1.82, 2.24) is 0 Å². The van der Waals surface area contributed by atoms with Crippen LogP contribution in [0.3, 0.4) is 0 Å². The van der Waals surface area contributed by atoms with Crippen LogP contribution < -0.4 is 5.73 Å². The Hall–Kier alpha value is -0.900. The van der Waals surface area contributed by atoms with Crippen molar-refractivity contribution in [2.45, 2.75) is 24.5 Å². The summed E-state index contributed by atoms with van der Waals surface area (Å²) in [5.41, 5.74) is 7.54. The molecule has 1 aliphatic carbocycles. The lowest BCUT2D eigenvalue weighted by Crippen LogP contribution is -2.22. The average Bonchev–Trinajstić information content (AvgIpc) is 2.97. The van der Waals surface area contributed by atoms with Crippen LogP contribution in [0.5, 0.6) is 0 Å². The molecule has 3 nitrogen and oxygen atoms in total. The topological polar surface area (TPSA) is 66.5 Å². The van der Waals surface area contributed by atoms with E-state index < -0.39 is 6.10 Å². The van der Waals surface area contributed by atoms with E-state index >= 15 is 0 Å². The molecule has 76 valence electrons. The average molecular weight is 193 g/mol. The van der Waals surface area contributed by atoms with E-state index in [4.69, 9.17) is 10.8 Å². The molecule has 0 radical (unpaired) electrons. The van der Waals surface area contributed by atoms with Crippen molar-refractivity contribution in [2.24, 2.45) is 5.73 Å². The summed E-state index contributed by atoms with van der Waals surface area (Å²) in [6.07, 6.45) is 1.11. The van der Waals surface area contributed by atoms with Crippen molar-refractivity contribution in [3.63, 3.8) is 0 Å². The fourth-order valence-electron chi connectivity index (χ4n) is 1.74. The number of nitrogens with two attached hydrogens (primary N) is 1. The van der Waals surface area contributed by atoms with Crippen molar-refractivity contribution in [3.8, 4) is 0 Å². The number of hydrogen-bond donors (Lipinski definition) is 3. The monoisotopic (exact) mass is 193 g/mol. The third-order valence-electron chi connectivity index (χ3n) is 2.82. The van der Waals surface area contributed by atoms with Gasteiger partial charge in [0, 0.05) is 5.54 Å². The quantitative estimate of drug-likeness (QED) is 0.660. The van der Waals surface area contributed by atoms with Crippen LogP contribution in [0.25, 0.3) is 0 Å². The number of aliphatic hydroxyl groups excluding tert-OH is 2. The first kappa shape index (κ1) is 9.65. The summed E-state index contributed by atoms with van der Waals surface area (Å²) in [5.74, 6) is 0. The fourth-order valence-corrected chi connectivity index (χ4v) is 1.74. The third-order valence-corrected chi connectivity index (χ3v) is 2.82. The highest BCUT2D eigenvalue weighted by atomic mass is 16.3. The first-order valence-corrected chi connectivity index (χ1v) is 4.84. The van der Waals surface area contributed by atoms with Crippen molar-refractivity contribution in [2.75, 3.05) is 6.61 Å². The second-order valence-corrected chi connectivity index (χ2v) is 3.94. The normalized spacial score (nSPS) is 20.5. The minimum Gasteiger partial charge on any atom is -0.393 e. The number of benzene rings is 1. The first-order valence-electron chi connectivity index (χ1n) is 4.84. The first-order chi connectivity index (χ1) is 6.67. The van der Waals surface area contributed by atoms with Gasteiger partial charge in [-0.15, -0.1) is 0 Å². The van der Waals surface area contributed by atoms with Crippen LogP contribution in [-0.2, 0) is 5.54 Å². The van der Waals surface area contributed by atoms with Gasteiger partial charge in [-0.1, -0.05) is 24.3 Å². The summed E-state index contributed by atoms with van der Waals surface area (Å²) in [5, 5.41) is 18.5. The Balaban J connectivity index is 2.38. The van der Waals surface area contributed by atoms with Crippen LogP contribution >= 0.6 is 0 Å². The Morgan fingerprint density at radius 2 is 2.00 bits per heavy atom. The summed E-state index contributed by atoms with van der Waals surface area (Å²) >= 11 is 0. The van der Waals surface area contributed by atoms with Gasteiger partial charge in [-0.25, -0.2) is 0 Å². The second kappa shape index (κ2) is 3.35. The van der Waals surface area contributed by atoms with Crippen molar-refractivity contribution in [3.05, 3.63) is 35.4 Å². The molecule has 1 unspecified atom stereocenters. The Morgan fingerprint density at radius 1 is 1.36 bits per heavy atom. The summed E-state index contributed by atoms with van der Waals surface area (Å²) in [6, 6.07) is 7.52. The molecular formula is C11H15NO2. The maximum atomic E-state index is 9.60. The zero-order valence-corrected chi connectivity index (χ0v) is 7.98. The fraction of sp³-hybridized carbons (Fsp3) is 0.455. The molecule has 1 aliphatic rings. The van der Waals surface area contributed by atoms with E-state index in [1.165, 1.54) is 0 Å². The molecule has 4 N–H and O–H groups in total.